The molecule has 0 spiro atoms. The molecule has 1 aliphatic heterocycles. The molecule has 1 aromatic rings. The standard InChI is InChI=1S/C12H20N4OS/c1-17-12-10(13)11(14-8-15-12)16-6-3-4-9(18-2)5-7-16/h8-9H,3-7,13H2,1-2H3. The summed E-state index contributed by atoms with van der Waals surface area (Å²) >= 11 is 1.95. The van der Waals surface area contributed by atoms with Gasteiger partial charge in [-0.15, -0.1) is 0 Å². The number of hydrogen-bond acceptors (Lipinski definition) is 6. The molecule has 1 fully saturated rings. The summed E-state index contributed by atoms with van der Waals surface area (Å²) < 4.78 is 5.14. The van der Waals surface area contributed by atoms with Crippen molar-refractivity contribution in [1.29, 1.82) is 0 Å². The van der Waals surface area contributed by atoms with Gasteiger partial charge in [0.05, 0.1) is 7.11 Å². The number of ether oxygens (including phenoxy) is 1. The summed E-state index contributed by atoms with van der Waals surface area (Å²) in [6, 6.07) is 0. The van der Waals surface area contributed by atoms with Crippen LogP contribution in [0.25, 0.3) is 0 Å². The van der Waals surface area contributed by atoms with Gasteiger partial charge in [-0.3, -0.25) is 0 Å². The van der Waals surface area contributed by atoms with Crippen molar-refractivity contribution in [3.63, 3.8) is 0 Å². The number of methoxy groups -OCH3 is 1. The molecule has 100 valence electrons. The third kappa shape index (κ3) is 2.80. The maximum absolute atomic E-state index is 6.05. The van der Waals surface area contributed by atoms with Gasteiger partial charge in [0.25, 0.3) is 0 Å². The zero-order valence-corrected chi connectivity index (χ0v) is 11.7. The van der Waals surface area contributed by atoms with Crippen molar-refractivity contribution in [3.05, 3.63) is 6.33 Å². The summed E-state index contributed by atoms with van der Waals surface area (Å²) in [5.74, 6) is 1.27. The fourth-order valence-corrected chi connectivity index (χ4v) is 3.04. The zero-order chi connectivity index (χ0) is 13.0. The van der Waals surface area contributed by atoms with E-state index in [9.17, 15) is 0 Å². The molecule has 1 aromatic heterocycles. The highest BCUT2D eigenvalue weighted by atomic mass is 32.2. The molecule has 1 unspecified atom stereocenters. The van der Waals surface area contributed by atoms with Crippen molar-refractivity contribution >= 4 is 23.3 Å². The average Bonchev–Trinajstić information content (AvgIpc) is 2.64. The van der Waals surface area contributed by atoms with Crippen LogP contribution in [0.4, 0.5) is 11.5 Å². The van der Waals surface area contributed by atoms with Gasteiger partial charge < -0.3 is 15.4 Å². The monoisotopic (exact) mass is 268 g/mol. The maximum Gasteiger partial charge on any atom is 0.242 e. The molecule has 1 saturated heterocycles. The number of nitrogens with zero attached hydrogens (tertiary/aromatic N) is 3. The third-order valence-electron chi connectivity index (χ3n) is 3.33. The first-order valence-corrected chi connectivity index (χ1v) is 7.47. The summed E-state index contributed by atoms with van der Waals surface area (Å²) in [5, 5.41) is 0.750. The summed E-state index contributed by atoms with van der Waals surface area (Å²) in [7, 11) is 1.58. The van der Waals surface area contributed by atoms with Crippen molar-refractivity contribution in [2.24, 2.45) is 0 Å². The van der Waals surface area contributed by atoms with E-state index in [-0.39, 0.29) is 0 Å². The Kier molecular flexibility index (Phi) is 4.52. The number of rotatable bonds is 3. The Morgan fingerprint density at radius 2 is 2.22 bits per heavy atom. The molecule has 0 bridgehead atoms. The van der Waals surface area contributed by atoms with E-state index in [0.29, 0.717) is 11.6 Å². The second-order valence-corrected chi connectivity index (χ2v) is 5.53. The maximum atomic E-state index is 6.05. The van der Waals surface area contributed by atoms with Gasteiger partial charge in [-0.2, -0.15) is 16.7 Å². The van der Waals surface area contributed by atoms with Gasteiger partial charge in [-0.1, -0.05) is 0 Å². The van der Waals surface area contributed by atoms with Crippen molar-refractivity contribution in [3.8, 4) is 5.88 Å². The lowest BCUT2D eigenvalue weighted by Crippen LogP contribution is -2.26. The van der Waals surface area contributed by atoms with Crippen molar-refractivity contribution in [2.75, 3.05) is 37.1 Å². The fraction of sp³-hybridized carbons (Fsp3) is 0.667. The molecule has 1 aliphatic rings. The summed E-state index contributed by atoms with van der Waals surface area (Å²) in [5.41, 5.74) is 6.59. The Morgan fingerprint density at radius 3 is 2.94 bits per heavy atom. The lowest BCUT2D eigenvalue weighted by atomic mass is 10.2. The number of nitrogen functional groups attached to an aromatic ring is 1. The molecule has 0 amide bonds. The minimum Gasteiger partial charge on any atom is -0.479 e. The zero-order valence-electron chi connectivity index (χ0n) is 10.9. The van der Waals surface area contributed by atoms with Crippen LogP contribution in [0.1, 0.15) is 19.3 Å². The van der Waals surface area contributed by atoms with Crippen LogP contribution in [0, 0.1) is 0 Å². The van der Waals surface area contributed by atoms with Crippen LogP contribution in [-0.2, 0) is 0 Å². The Bertz CT molecular complexity index is 402. The quantitative estimate of drug-likeness (QED) is 0.901. The number of hydrogen-bond donors (Lipinski definition) is 1. The van der Waals surface area contributed by atoms with Gasteiger partial charge in [-0.05, 0) is 25.5 Å². The Morgan fingerprint density at radius 1 is 1.39 bits per heavy atom. The van der Waals surface area contributed by atoms with Crippen LogP contribution in [0.5, 0.6) is 5.88 Å². The molecule has 2 rings (SSSR count). The normalized spacial score (nSPS) is 20.6. The Hall–Kier alpha value is -1.17. The van der Waals surface area contributed by atoms with E-state index in [4.69, 9.17) is 10.5 Å². The van der Waals surface area contributed by atoms with E-state index in [2.05, 4.69) is 21.1 Å². The van der Waals surface area contributed by atoms with Crippen LogP contribution in [0.3, 0.4) is 0 Å². The predicted octanol–water partition coefficient (Wildman–Crippen LogP) is 1.79. The average molecular weight is 268 g/mol. The fourth-order valence-electron chi connectivity index (χ4n) is 2.30. The highest BCUT2D eigenvalue weighted by Crippen LogP contribution is 2.30. The second kappa shape index (κ2) is 6.13. The minimum absolute atomic E-state index is 0.464. The highest BCUT2D eigenvalue weighted by molar-refractivity contribution is 7.99. The first-order valence-electron chi connectivity index (χ1n) is 6.18. The number of thioether (sulfide) groups is 1. The van der Waals surface area contributed by atoms with Gasteiger partial charge in [0.1, 0.15) is 12.0 Å². The van der Waals surface area contributed by atoms with Crippen molar-refractivity contribution in [2.45, 2.75) is 24.5 Å². The van der Waals surface area contributed by atoms with Crippen LogP contribution in [0.2, 0.25) is 0 Å². The molecule has 18 heavy (non-hydrogen) atoms. The Labute approximate surface area is 112 Å². The SMILES string of the molecule is COc1ncnc(N2CCCC(SC)CC2)c1N. The Balaban J connectivity index is 2.16. The largest absolute Gasteiger partial charge is 0.479 e. The van der Waals surface area contributed by atoms with Crippen molar-refractivity contribution in [1.82, 2.24) is 9.97 Å². The molecule has 0 radical (unpaired) electrons. The van der Waals surface area contributed by atoms with Crippen LogP contribution < -0.4 is 15.4 Å². The molecular weight excluding hydrogens is 248 g/mol. The highest BCUT2D eigenvalue weighted by Gasteiger charge is 2.20. The molecular formula is C12H20N4OS. The van der Waals surface area contributed by atoms with Gasteiger partial charge in [0.2, 0.25) is 5.88 Å². The van der Waals surface area contributed by atoms with E-state index in [1.54, 1.807) is 7.11 Å². The molecule has 2 N–H and O–H groups in total. The first kappa shape index (κ1) is 13.3. The summed E-state index contributed by atoms with van der Waals surface area (Å²) in [6.45, 7) is 2.00. The molecule has 5 nitrogen and oxygen atoms in total. The molecule has 0 aromatic carbocycles. The molecule has 0 saturated carbocycles. The molecule has 6 heteroatoms. The number of aromatic nitrogens is 2. The van der Waals surface area contributed by atoms with Crippen LogP contribution in [-0.4, -0.2) is 41.7 Å². The lowest BCUT2D eigenvalue weighted by Gasteiger charge is -2.23. The van der Waals surface area contributed by atoms with E-state index in [0.717, 1.165) is 24.2 Å². The lowest BCUT2D eigenvalue weighted by molar-refractivity contribution is 0.399. The third-order valence-corrected chi connectivity index (χ3v) is 4.47. The second-order valence-electron chi connectivity index (χ2n) is 4.40. The van der Waals surface area contributed by atoms with Gasteiger partial charge in [0.15, 0.2) is 5.82 Å². The topological polar surface area (TPSA) is 64.3 Å². The first-order chi connectivity index (χ1) is 8.76. The number of nitrogens with two attached hydrogens (primary N) is 1. The van der Waals surface area contributed by atoms with E-state index < -0.39 is 0 Å². The van der Waals surface area contributed by atoms with E-state index in [1.807, 2.05) is 11.8 Å². The molecule has 1 atom stereocenters. The van der Waals surface area contributed by atoms with Gasteiger partial charge >= 0.3 is 0 Å². The number of anilines is 2. The van der Waals surface area contributed by atoms with Gasteiger partial charge in [-0.25, -0.2) is 4.98 Å². The van der Waals surface area contributed by atoms with Crippen LogP contribution >= 0.6 is 11.8 Å². The predicted molar refractivity (Wildman–Crippen MR) is 76.4 cm³/mol. The molecule has 2 heterocycles. The van der Waals surface area contributed by atoms with E-state index in [1.165, 1.54) is 25.6 Å². The van der Waals surface area contributed by atoms with Gasteiger partial charge in [0, 0.05) is 18.3 Å². The summed E-state index contributed by atoms with van der Waals surface area (Å²) in [4.78, 5) is 10.6. The van der Waals surface area contributed by atoms with E-state index >= 15 is 0 Å². The van der Waals surface area contributed by atoms with Crippen LogP contribution in [0.15, 0.2) is 6.33 Å². The van der Waals surface area contributed by atoms with Crippen molar-refractivity contribution < 1.29 is 4.74 Å². The summed E-state index contributed by atoms with van der Waals surface area (Å²) in [6.07, 6.45) is 7.31. The molecule has 0 aliphatic carbocycles. The smallest absolute Gasteiger partial charge is 0.242 e. The minimum atomic E-state index is 0.464.